The van der Waals surface area contributed by atoms with Crippen LogP contribution in [0.15, 0.2) is 40.5 Å². The van der Waals surface area contributed by atoms with Crippen LogP contribution in [0.25, 0.3) is 0 Å². The molecular formula is C18H20ClNO5. The molecule has 0 saturated carbocycles. The van der Waals surface area contributed by atoms with Gasteiger partial charge in [-0.05, 0) is 31.5 Å². The Kier molecular flexibility index (Phi) is 6.33. The second kappa shape index (κ2) is 8.27. The third kappa shape index (κ3) is 4.27. The molecule has 1 aliphatic heterocycles. The van der Waals surface area contributed by atoms with Gasteiger partial charge in [-0.25, -0.2) is 4.79 Å². The third-order valence-electron chi connectivity index (χ3n) is 4.04. The molecule has 2 unspecified atom stereocenters. The molecule has 25 heavy (non-hydrogen) atoms. The van der Waals surface area contributed by atoms with Crippen molar-refractivity contribution in [2.75, 3.05) is 20.3 Å². The van der Waals surface area contributed by atoms with E-state index in [0.29, 0.717) is 22.0 Å². The molecule has 0 radical (unpaired) electrons. The number of carbonyl (C=O) groups is 2. The maximum Gasteiger partial charge on any atom is 0.336 e. The van der Waals surface area contributed by atoms with Gasteiger partial charge in [0.05, 0.1) is 12.2 Å². The molecule has 2 atom stereocenters. The van der Waals surface area contributed by atoms with Crippen molar-refractivity contribution in [1.29, 1.82) is 0 Å². The quantitative estimate of drug-likeness (QED) is 0.618. The van der Waals surface area contributed by atoms with E-state index in [1.54, 1.807) is 38.1 Å². The average molecular weight is 366 g/mol. The molecule has 2 rings (SSSR count). The van der Waals surface area contributed by atoms with Crippen molar-refractivity contribution < 1.29 is 24.2 Å². The molecule has 134 valence electrons. The van der Waals surface area contributed by atoms with Gasteiger partial charge in [0.15, 0.2) is 0 Å². The van der Waals surface area contributed by atoms with Crippen molar-refractivity contribution >= 4 is 29.3 Å². The van der Waals surface area contributed by atoms with Gasteiger partial charge in [-0.3, -0.25) is 9.79 Å². The number of aliphatic imine (C=N–C) groups is 1. The van der Waals surface area contributed by atoms with Gasteiger partial charge in [0, 0.05) is 29.5 Å². The number of hydrogen-bond acceptors (Lipinski definition) is 5. The Morgan fingerprint density at radius 1 is 1.28 bits per heavy atom. The second-order valence-corrected chi connectivity index (χ2v) is 6.17. The highest BCUT2D eigenvalue weighted by Crippen LogP contribution is 2.40. The summed E-state index contributed by atoms with van der Waals surface area (Å²) in [6.45, 7) is 3.65. The minimum absolute atomic E-state index is 0.0782. The first-order valence-corrected chi connectivity index (χ1v) is 8.15. The van der Waals surface area contributed by atoms with E-state index < -0.39 is 23.8 Å². The number of ether oxygens (including phenoxy) is 2. The molecule has 0 fully saturated rings. The van der Waals surface area contributed by atoms with Crippen LogP contribution in [0.5, 0.6) is 0 Å². The smallest absolute Gasteiger partial charge is 0.336 e. The highest BCUT2D eigenvalue weighted by atomic mass is 35.5. The zero-order valence-corrected chi connectivity index (χ0v) is 15.0. The van der Waals surface area contributed by atoms with Crippen molar-refractivity contribution in [3.8, 4) is 0 Å². The van der Waals surface area contributed by atoms with Crippen molar-refractivity contribution in [2.45, 2.75) is 19.8 Å². The Morgan fingerprint density at radius 3 is 2.60 bits per heavy atom. The van der Waals surface area contributed by atoms with Gasteiger partial charge in [0.25, 0.3) is 0 Å². The van der Waals surface area contributed by atoms with E-state index in [-0.39, 0.29) is 18.8 Å². The number of esters is 1. The number of hydrogen-bond donors (Lipinski definition) is 1. The van der Waals surface area contributed by atoms with Gasteiger partial charge >= 0.3 is 11.9 Å². The van der Waals surface area contributed by atoms with Gasteiger partial charge in [-0.15, -0.1) is 0 Å². The van der Waals surface area contributed by atoms with Crippen LogP contribution in [0, 0.1) is 5.92 Å². The summed E-state index contributed by atoms with van der Waals surface area (Å²) in [6, 6.07) is 6.83. The number of carboxylic acids is 1. The lowest BCUT2D eigenvalue weighted by atomic mass is 9.75. The van der Waals surface area contributed by atoms with Crippen LogP contribution in [-0.2, 0) is 19.1 Å². The van der Waals surface area contributed by atoms with Gasteiger partial charge in [0.1, 0.15) is 12.5 Å². The third-order valence-corrected chi connectivity index (χ3v) is 4.28. The lowest BCUT2D eigenvalue weighted by molar-refractivity contribution is -0.142. The maximum absolute atomic E-state index is 12.6. The van der Waals surface area contributed by atoms with Gasteiger partial charge in [-0.2, -0.15) is 0 Å². The normalized spacial score (nSPS) is 20.2. The summed E-state index contributed by atoms with van der Waals surface area (Å²) in [5.74, 6) is -3.33. The zero-order chi connectivity index (χ0) is 18.6. The Morgan fingerprint density at radius 2 is 2.00 bits per heavy atom. The lowest BCUT2D eigenvalue weighted by Crippen LogP contribution is -2.35. The molecule has 0 spiro atoms. The number of rotatable bonds is 6. The number of aliphatic carboxylic acids is 1. The van der Waals surface area contributed by atoms with Crippen molar-refractivity contribution in [1.82, 2.24) is 0 Å². The Labute approximate surface area is 151 Å². The van der Waals surface area contributed by atoms with Crippen LogP contribution in [-0.4, -0.2) is 43.1 Å². The van der Waals surface area contributed by atoms with Crippen LogP contribution < -0.4 is 0 Å². The van der Waals surface area contributed by atoms with Crippen LogP contribution in [0.2, 0.25) is 5.02 Å². The summed E-state index contributed by atoms with van der Waals surface area (Å²) in [5.41, 5.74) is 1.74. The molecule has 1 aliphatic rings. The summed E-state index contributed by atoms with van der Waals surface area (Å²) in [6.07, 6.45) is 0. The number of allylic oxidation sites excluding steroid dienone is 1. The van der Waals surface area contributed by atoms with Gasteiger partial charge in [0.2, 0.25) is 0 Å². The van der Waals surface area contributed by atoms with Crippen LogP contribution in [0.3, 0.4) is 0 Å². The summed E-state index contributed by atoms with van der Waals surface area (Å²) in [5, 5.41) is 10.2. The number of carboxylic acid groups (broad SMARTS) is 1. The second-order valence-electron chi connectivity index (χ2n) is 5.73. The number of methoxy groups -OCH3 is 1. The largest absolute Gasteiger partial charge is 0.481 e. The molecule has 7 heteroatoms. The molecule has 6 nitrogen and oxygen atoms in total. The van der Waals surface area contributed by atoms with E-state index in [2.05, 4.69) is 4.99 Å². The predicted octanol–water partition coefficient (Wildman–Crippen LogP) is 3.06. The topological polar surface area (TPSA) is 85.2 Å². The summed E-state index contributed by atoms with van der Waals surface area (Å²) in [7, 11) is 1.50. The van der Waals surface area contributed by atoms with E-state index in [1.165, 1.54) is 7.11 Å². The fraction of sp³-hybridized carbons (Fsp3) is 0.389. The van der Waals surface area contributed by atoms with Gasteiger partial charge in [-0.1, -0.05) is 23.7 Å². The van der Waals surface area contributed by atoms with Crippen molar-refractivity contribution in [2.24, 2.45) is 10.9 Å². The first-order valence-electron chi connectivity index (χ1n) is 7.77. The van der Waals surface area contributed by atoms with E-state index in [4.69, 9.17) is 21.1 Å². The molecule has 1 N–H and O–H groups in total. The molecule has 1 aromatic carbocycles. The highest BCUT2D eigenvalue weighted by Gasteiger charge is 2.41. The summed E-state index contributed by atoms with van der Waals surface area (Å²) >= 11 is 6.07. The first-order chi connectivity index (χ1) is 11.9. The van der Waals surface area contributed by atoms with Crippen LogP contribution in [0.1, 0.15) is 25.3 Å². The van der Waals surface area contributed by atoms with Crippen molar-refractivity contribution in [3.05, 3.63) is 46.1 Å². The fourth-order valence-corrected chi connectivity index (χ4v) is 3.18. The van der Waals surface area contributed by atoms with Crippen LogP contribution in [0.4, 0.5) is 0 Å². The lowest BCUT2D eigenvalue weighted by Gasteiger charge is -2.30. The monoisotopic (exact) mass is 365 g/mol. The Bertz CT molecular complexity index is 741. The first kappa shape index (κ1) is 19.1. The minimum atomic E-state index is -1.05. The Hall–Kier alpha value is -2.18. The summed E-state index contributed by atoms with van der Waals surface area (Å²) < 4.78 is 10.1. The molecule has 1 heterocycles. The minimum Gasteiger partial charge on any atom is -0.481 e. The van der Waals surface area contributed by atoms with Gasteiger partial charge < -0.3 is 14.6 Å². The zero-order valence-electron chi connectivity index (χ0n) is 14.3. The molecule has 0 amide bonds. The number of benzene rings is 1. The SMILES string of the molecule is COCCOC(=O)C1=C(C)N=C(C)C(C(=O)O)C1c1cccc(Cl)c1. The van der Waals surface area contributed by atoms with E-state index in [1.807, 2.05) is 0 Å². The molecule has 1 aromatic rings. The Balaban J connectivity index is 2.51. The average Bonchev–Trinajstić information content (AvgIpc) is 2.53. The maximum atomic E-state index is 12.6. The van der Waals surface area contributed by atoms with E-state index in [0.717, 1.165) is 0 Å². The number of halogens is 1. The van der Waals surface area contributed by atoms with Crippen molar-refractivity contribution in [3.63, 3.8) is 0 Å². The van der Waals surface area contributed by atoms with Crippen LogP contribution >= 0.6 is 11.6 Å². The fourth-order valence-electron chi connectivity index (χ4n) is 2.98. The van der Waals surface area contributed by atoms with E-state index >= 15 is 0 Å². The molecule has 0 bridgehead atoms. The number of carbonyl (C=O) groups excluding carboxylic acids is 1. The molecule has 0 aromatic heterocycles. The van der Waals surface area contributed by atoms with E-state index in [9.17, 15) is 14.7 Å². The standard InChI is InChI=1S/C18H20ClNO5/c1-10-14(17(21)22)16(12-5-4-6-13(19)9-12)15(11(2)20-10)18(23)25-8-7-24-3/h4-6,9,14,16H,7-8H2,1-3H3,(H,21,22). The molecule has 0 saturated heterocycles. The molecular weight excluding hydrogens is 346 g/mol. The molecule has 0 aliphatic carbocycles. The highest BCUT2D eigenvalue weighted by molar-refractivity contribution is 6.30. The predicted molar refractivity (Wildman–Crippen MR) is 94.0 cm³/mol. The number of nitrogens with zero attached hydrogens (tertiary/aromatic N) is 1. The summed E-state index contributed by atoms with van der Waals surface area (Å²) in [4.78, 5) is 28.7.